The molecule has 1 saturated carbocycles. The van der Waals surface area contributed by atoms with Crippen LogP contribution in [-0.4, -0.2) is 67.3 Å². The summed E-state index contributed by atoms with van der Waals surface area (Å²) in [6.07, 6.45) is 1.46. The number of piperazine rings is 1. The van der Waals surface area contributed by atoms with Gasteiger partial charge in [-0.25, -0.2) is 8.42 Å². The van der Waals surface area contributed by atoms with Crippen LogP contribution in [0.3, 0.4) is 0 Å². The van der Waals surface area contributed by atoms with E-state index in [4.69, 9.17) is 0 Å². The molecule has 1 heterocycles. The number of carbonyl (C=O) groups is 1. The fourth-order valence-corrected chi connectivity index (χ4v) is 4.09. The predicted molar refractivity (Wildman–Crippen MR) is 70.1 cm³/mol. The second kappa shape index (κ2) is 5.17. The highest BCUT2D eigenvalue weighted by atomic mass is 32.2. The highest BCUT2D eigenvalue weighted by molar-refractivity contribution is 7.93. The molecule has 1 aliphatic carbocycles. The van der Waals surface area contributed by atoms with Crippen molar-refractivity contribution in [3.05, 3.63) is 0 Å². The quantitative estimate of drug-likeness (QED) is 0.730. The normalized spacial score (nSPS) is 26.3. The zero-order valence-electron chi connectivity index (χ0n) is 11.1. The summed E-state index contributed by atoms with van der Waals surface area (Å²) in [7, 11) is -3.18. The molecule has 104 valence electrons. The third kappa shape index (κ3) is 3.03. The molecule has 0 bridgehead atoms. The van der Waals surface area contributed by atoms with Crippen LogP contribution in [0.25, 0.3) is 0 Å². The average Bonchev–Trinajstić information content (AvgIpc) is 3.11. The molecule has 5 nitrogen and oxygen atoms in total. The van der Waals surface area contributed by atoms with Crippen LogP contribution in [0.15, 0.2) is 0 Å². The molecule has 0 aromatic carbocycles. The minimum Gasteiger partial charge on any atom is -0.337 e. The molecular formula is C12H22N2O3S. The predicted octanol–water partition coefficient (Wildman–Crippen LogP) is 0.116. The van der Waals surface area contributed by atoms with Gasteiger partial charge in [0.1, 0.15) is 5.75 Å². The lowest BCUT2D eigenvalue weighted by atomic mass is 10.2. The third-order valence-electron chi connectivity index (χ3n) is 3.84. The van der Waals surface area contributed by atoms with Gasteiger partial charge in [0.2, 0.25) is 5.91 Å². The average molecular weight is 274 g/mol. The van der Waals surface area contributed by atoms with Crippen LogP contribution in [0.1, 0.15) is 26.7 Å². The lowest BCUT2D eigenvalue weighted by molar-refractivity contribution is -0.132. The van der Waals surface area contributed by atoms with Gasteiger partial charge in [0, 0.05) is 25.7 Å². The van der Waals surface area contributed by atoms with E-state index in [9.17, 15) is 13.2 Å². The first-order valence-electron chi connectivity index (χ1n) is 6.67. The van der Waals surface area contributed by atoms with Gasteiger partial charge in [-0.2, -0.15) is 0 Å². The Morgan fingerprint density at radius 2 is 1.94 bits per heavy atom. The van der Waals surface area contributed by atoms with Crippen LogP contribution in [0.2, 0.25) is 0 Å². The molecule has 1 amide bonds. The third-order valence-corrected chi connectivity index (χ3v) is 5.97. The van der Waals surface area contributed by atoms with E-state index in [1.807, 2.05) is 6.92 Å². The standard InChI is InChI=1S/C12H22N2O3S/c1-3-13-6-7-14(10(2)8-13)12(15)9-18(16,17)11-4-5-11/h10-11H,3-9H2,1-2H3. The number of likely N-dealkylation sites (N-methyl/N-ethyl adjacent to an activating group) is 1. The highest BCUT2D eigenvalue weighted by Gasteiger charge is 2.38. The van der Waals surface area contributed by atoms with Gasteiger partial charge in [-0.1, -0.05) is 6.92 Å². The lowest BCUT2D eigenvalue weighted by Gasteiger charge is -2.39. The SMILES string of the molecule is CCN1CCN(C(=O)CS(=O)(=O)C2CC2)C(C)C1. The van der Waals surface area contributed by atoms with Gasteiger partial charge in [-0.3, -0.25) is 9.69 Å². The van der Waals surface area contributed by atoms with Gasteiger partial charge in [-0.15, -0.1) is 0 Å². The first kappa shape index (κ1) is 13.8. The van der Waals surface area contributed by atoms with E-state index in [0.29, 0.717) is 6.54 Å². The Hall–Kier alpha value is -0.620. The van der Waals surface area contributed by atoms with Gasteiger partial charge in [0.25, 0.3) is 0 Å². The number of rotatable bonds is 4. The summed E-state index contributed by atoms with van der Waals surface area (Å²) in [6.45, 7) is 7.40. The van der Waals surface area contributed by atoms with Crippen LogP contribution in [0, 0.1) is 0 Å². The smallest absolute Gasteiger partial charge is 0.238 e. The Kier molecular flexibility index (Phi) is 3.96. The summed E-state index contributed by atoms with van der Waals surface area (Å²) in [5.41, 5.74) is 0. The van der Waals surface area contributed by atoms with E-state index in [1.54, 1.807) is 4.90 Å². The molecule has 0 radical (unpaired) electrons. The monoisotopic (exact) mass is 274 g/mol. The fraction of sp³-hybridized carbons (Fsp3) is 0.917. The van der Waals surface area contributed by atoms with Crippen LogP contribution in [-0.2, 0) is 14.6 Å². The van der Waals surface area contributed by atoms with Crippen LogP contribution >= 0.6 is 0 Å². The summed E-state index contributed by atoms with van der Waals surface area (Å²) >= 11 is 0. The number of amides is 1. The molecule has 1 aliphatic heterocycles. The van der Waals surface area contributed by atoms with Crippen molar-refractivity contribution in [2.45, 2.75) is 38.0 Å². The molecule has 6 heteroatoms. The van der Waals surface area contributed by atoms with Gasteiger partial charge in [0.05, 0.1) is 5.25 Å². The van der Waals surface area contributed by atoms with Crippen molar-refractivity contribution in [2.75, 3.05) is 31.9 Å². The molecule has 18 heavy (non-hydrogen) atoms. The lowest BCUT2D eigenvalue weighted by Crippen LogP contribution is -2.55. The maximum absolute atomic E-state index is 12.1. The maximum atomic E-state index is 12.1. The Morgan fingerprint density at radius 1 is 1.28 bits per heavy atom. The van der Waals surface area contributed by atoms with E-state index in [0.717, 1.165) is 32.5 Å². The van der Waals surface area contributed by atoms with E-state index in [2.05, 4.69) is 11.8 Å². The van der Waals surface area contributed by atoms with E-state index in [1.165, 1.54) is 0 Å². The molecule has 0 aromatic heterocycles. The van der Waals surface area contributed by atoms with E-state index in [-0.39, 0.29) is 23.0 Å². The molecule has 0 aromatic rings. The largest absolute Gasteiger partial charge is 0.337 e. The second-order valence-electron chi connectivity index (χ2n) is 5.34. The highest BCUT2D eigenvalue weighted by Crippen LogP contribution is 2.29. The van der Waals surface area contributed by atoms with Crippen LogP contribution in [0.5, 0.6) is 0 Å². The maximum Gasteiger partial charge on any atom is 0.238 e. The van der Waals surface area contributed by atoms with Crippen molar-refractivity contribution in [1.82, 2.24) is 9.80 Å². The number of carbonyl (C=O) groups excluding carboxylic acids is 1. The van der Waals surface area contributed by atoms with Crippen molar-refractivity contribution in [1.29, 1.82) is 0 Å². The van der Waals surface area contributed by atoms with Gasteiger partial charge in [-0.05, 0) is 26.3 Å². The molecule has 1 unspecified atom stereocenters. The van der Waals surface area contributed by atoms with Gasteiger partial charge < -0.3 is 4.90 Å². The van der Waals surface area contributed by atoms with Crippen LogP contribution < -0.4 is 0 Å². The van der Waals surface area contributed by atoms with Crippen molar-refractivity contribution in [3.8, 4) is 0 Å². The van der Waals surface area contributed by atoms with E-state index >= 15 is 0 Å². The molecule has 1 saturated heterocycles. The summed E-state index contributed by atoms with van der Waals surface area (Å²) in [5.74, 6) is -0.515. The molecule has 0 N–H and O–H groups in total. The Bertz CT molecular complexity index is 417. The Balaban J connectivity index is 1.93. The molecule has 2 rings (SSSR count). The first-order valence-corrected chi connectivity index (χ1v) is 8.39. The fourth-order valence-electron chi connectivity index (χ4n) is 2.49. The van der Waals surface area contributed by atoms with Crippen molar-refractivity contribution >= 4 is 15.7 Å². The summed E-state index contributed by atoms with van der Waals surface area (Å²) in [6, 6.07) is 0.112. The molecule has 0 spiro atoms. The Morgan fingerprint density at radius 3 is 2.44 bits per heavy atom. The molecular weight excluding hydrogens is 252 g/mol. The van der Waals surface area contributed by atoms with Crippen molar-refractivity contribution in [2.24, 2.45) is 0 Å². The minimum absolute atomic E-state index is 0.112. The minimum atomic E-state index is -3.18. The number of hydrogen-bond acceptors (Lipinski definition) is 4. The molecule has 2 aliphatic rings. The van der Waals surface area contributed by atoms with Gasteiger partial charge in [0.15, 0.2) is 9.84 Å². The van der Waals surface area contributed by atoms with Crippen LogP contribution in [0.4, 0.5) is 0 Å². The van der Waals surface area contributed by atoms with E-state index < -0.39 is 9.84 Å². The zero-order chi connectivity index (χ0) is 13.3. The summed E-state index contributed by atoms with van der Waals surface area (Å²) in [4.78, 5) is 16.1. The summed E-state index contributed by atoms with van der Waals surface area (Å²) < 4.78 is 23.6. The topological polar surface area (TPSA) is 57.7 Å². The number of hydrogen-bond donors (Lipinski definition) is 0. The number of nitrogens with zero attached hydrogens (tertiary/aromatic N) is 2. The van der Waals surface area contributed by atoms with Gasteiger partial charge >= 0.3 is 0 Å². The van der Waals surface area contributed by atoms with Crippen molar-refractivity contribution in [3.63, 3.8) is 0 Å². The second-order valence-corrected chi connectivity index (χ2v) is 7.62. The Labute approximate surface area is 109 Å². The molecule has 2 fully saturated rings. The number of sulfone groups is 1. The van der Waals surface area contributed by atoms with Crippen molar-refractivity contribution < 1.29 is 13.2 Å². The zero-order valence-corrected chi connectivity index (χ0v) is 11.9. The summed E-state index contributed by atoms with van der Waals surface area (Å²) in [5, 5.41) is -0.242. The first-order chi connectivity index (χ1) is 8.44. The molecule has 1 atom stereocenters.